The third kappa shape index (κ3) is 3.85. The van der Waals surface area contributed by atoms with Gasteiger partial charge in [-0.3, -0.25) is 9.59 Å². The lowest BCUT2D eigenvalue weighted by Gasteiger charge is -2.31. The number of piperidine rings is 1. The van der Waals surface area contributed by atoms with Crippen LogP contribution in [0.15, 0.2) is 51.8 Å². The maximum atomic E-state index is 12.8. The van der Waals surface area contributed by atoms with Crippen molar-refractivity contribution in [2.75, 3.05) is 13.1 Å². The molecule has 8 heteroatoms. The smallest absolute Gasteiger partial charge is 0.267 e. The molecule has 0 bridgehead atoms. The predicted molar refractivity (Wildman–Crippen MR) is 102 cm³/mol. The zero-order valence-electron chi connectivity index (χ0n) is 15.6. The zero-order chi connectivity index (χ0) is 19.5. The van der Waals surface area contributed by atoms with Crippen LogP contribution in [-0.4, -0.2) is 43.8 Å². The zero-order valence-corrected chi connectivity index (χ0v) is 15.6. The molecule has 0 unspecified atom stereocenters. The Morgan fingerprint density at radius 1 is 1.21 bits per heavy atom. The van der Waals surface area contributed by atoms with E-state index in [0.717, 1.165) is 18.4 Å². The van der Waals surface area contributed by atoms with Gasteiger partial charge in [0.1, 0.15) is 6.54 Å². The Morgan fingerprint density at radius 2 is 2.04 bits per heavy atom. The minimum absolute atomic E-state index is 0.0271. The minimum Gasteiger partial charge on any atom is -0.340 e. The molecule has 0 aliphatic carbocycles. The molecule has 1 aliphatic heterocycles. The van der Waals surface area contributed by atoms with Gasteiger partial charge in [0.05, 0.1) is 11.6 Å². The van der Waals surface area contributed by atoms with Crippen molar-refractivity contribution in [1.29, 1.82) is 0 Å². The summed E-state index contributed by atoms with van der Waals surface area (Å²) in [5.41, 5.74) is 1.26. The van der Waals surface area contributed by atoms with Crippen LogP contribution >= 0.6 is 0 Å². The number of benzene rings is 1. The first-order valence-corrected chi connectivity index (χ1v) is 9.32. The molecule has 0 saturated carbocycles. The van der Waals surface area contributed by atoms with E-state index in [9.17, 15) is 9.59 Å². The molecule has 0 spiro atoms. The highest BCUT2D eigenvalue weighted by atomic mass is 16.5. The monoisotopic (exact) mass is 379 g/mol. The standard InChI is InChI=1S/C20H21N5O3/c1-14-21-20(28-23-14)16-8-5-11-24(12-16)19(27)13-25-18(26)10-9-17(22-25)15-6-3-2-4-7-15/h2-4,6-7,9-10,16H,5,8,11-13H2,1H3/t16-/m1/s1. The summed E-state index contributed by atoms with van der Waals surface area (Å²) < 4.78 is 6.49. The van der Waals surface area contributed by atoms with Gasteiger partial charge in [-0.15, -0.1) is 0 Å². The Hall–Kier alpha value is -3.29. The van der Waals surface area contributed by atoms with Crippen molar-refractivity contribution in [3.8, 4) is 11.3 Å². The topological polar surface area (TPSA) is 94.1 Å². The van der Waals surface area contributed by atoms with Crippen molar-refractivity contribution >= 4 is 5.91 Å². The van der Waals surface area contributed by atoms with Gasteiger partial charge in [-0.05, 0) is 25.8 Å². The second-order valence-corrected chi connectivity index (χ2v) is 6.94. The molecule has 28 heavy (non-hydrogen) atoms. The number of nitrogens with zero attached hydrogens (tertiary/aromatic N) is 5. The molecule has 0 radical (unpaired) electrons. The molecular weight excluding hydrogens is 358 g/mol. The maximum absolute atomic E-state index is 12.8. The summed E-state index contributed by atoms with van der Waals surface area (Å²) in [6.45, 7) is 2.84. The summed E-state index contributed by atoms with van der Waals surface area (Å²) in [6, 6.07) is 12.7. The Kier molecular flexibility index (Phi) is 5.01. The first kappa shape index (κ1) is 18.1. The molecule has 4 rings (SSSR count). The Labute approximate surface area is 161 Å². The number of aromatic nitrogens is 4. The van der Waals surface area contributed by atoms with Gasteiger partial charge in [0.25, 0.3) is 5.56 Å². The normalized spacial score (nSPS) is 16.9. The average Bonchev–Trinajstić information content (AvgIpc) is 3.17. The Morgan fingerprint density at radius 3 is 2.79 bits per heavy atom. The maximum Gasteiger partial charge on any atom is 0.267 e. The van der Waals surface area contributed by atoms with E-state index in [1.807, 2.05) is 30.3 Å². The summed E-state index contributed by atoms with van der Waals surface area (Å²) in [4.78, 5) is 31.1. The summed E-state index contributed by atoms with van der Waals surface area (Å²) in [5.74, 6) is 1.04. The van der Waals surface area contributed by atoms with Crippen LogP contribution in [0.5, 0.6) is 0 Å². The van der Waals surface area contributed by atoms with Gasteiger partial charge in [0.2, 0.25) is 11.8 Å². The van der Waals surface area contributed by atoms with Crippen LogP contribution in [0.2, 0.25) is 0 Å². The molecule has 0 N–H and O–H groups in total. The predicted octanol–water partition coefficient (Wildman–Crippen LogP) is 2.01. The van der Waals surface area contributed by atoms with E-state index in [0.29, 0.717) is 30.5 Å². The highest BCUT2D eigenvalue weighted by Gasteiger charge is 2.28. The molecule has 1 saturated heterocycles. The molecule has 3 heterocycles. The van der Waals surface area contributed by atoms with Crippen LogP contribution in [0.25, 0.3) is 11.3 Å². The first-order valence-electron chi connectivity index (χ1n) is 9.32. The molecule has 1 fully saturated rings. The van der Waals surface area contributed by atoms with Crippen LogP contribution in [-0.2, 0) is 11.3 Å². The largest absolute Gasteiger partial charge is 0.340 e. The van der Waals surface area contributed by atoms with E-state index in [-0.39, 0.29) is 23.9 Å². The third-order valence-electron chi connectivity index (χ3n) is 4.89. The van der Waals surface area contributed by atoms with E-state index < -0.39 is 0 Å². The van der Waals surface area contributed by atoms with Crippen molar-refractivity contribution in [3.05, 3.63) is 64.5 Å². The van der Waals surface area contributed by atoms with Crippen LogP contribution < -0.4 is 5.56 Å². The average molecular weight is 379 g/mol. The van der Waals surface area contributed by atoms with Gasteiger partial charge in [-0.1, -0.05) is 35.5 Å². The fourth-order valence-electron chi connectivity index (χ4n) is 3.44. The van der Waals surface area contributed by atoms with Gasteiger partial charge in [0.15, 0.2) is 5.82 Å². The molecule has 8 nitrogen and oxygen atoms in total. The SMILES string of the molecule is Cc1noc([C@@H]2CCCN(C(=O)Cn3nc(-c4ccccc4)ccc3=O)C2)n1. The van der Waals surface area contributed by atoms with E-state index >= 15 is 0 Å². The second-order valence-electron chi connectivity index (χ2n) is 6.94. The van der Waals surface area contributed by atoms with Crippen molar-refractivity contribution in [1.82, 2.24) is 24.8 Å². The second kappa shape index (κ2) is 7.75. The van der Waals surface area contributed by atoms with Crippen LogP contribution in [0, 0.1) is 6.92 Å². The van der Waals surface area contributed by atoms with E-state index in [1.165, 1.54) is 10.7 Å². The van der Waals surface area contributed by atoms with Gasteiger partial charge >= 0.3 is 0 Å². The number of carbonyl (C=O) groups is 1. The molecule has 1 amide bonds. The quantitative estimate of drug-likeness (QED) is 0.688. The van der Waals surface area contributed by atoms with Crippen molar-refractivity contribution in [2.45, 2.75) is 32.2 Å². The van der Waals surface area contributed by atoms with Gasteiger partial charge in [-0.2, -0.15) is 10.1 Å². The fourth-order valence-corrected chi connectivity index (χ4v) is 3.44. The van der Waals surface area contributed by atoms with Gasteiger partial charge in [0, 0.05) is 24.7 Å². The fraction of sp³-hybridized carbons (Fsp3) is 0.350. The van der Waals surface area contributed by atoms with E-state index in [4.69, 9.17) is 4.52 Å². The molecule has 3 aromatic rings. The van der Waals surface area contributed by atoms with Crippen molar-refractivity contribution < 1.29 is 9.32 Å². The summed E-state index contributed by atoms with van der Waals surface area (Å²) >= 11 is 0. The van der Waals surface area contributed by atoms with Crippen LogP contribution in [0.4, 0.5) is 0 Å². The van der Waals surface area contributed by atoms with Crippen molar-refractivity contribution in [2.24, 2.45) is 0 Å². The summed E-state index contributed by atoms with van der Waals surface area (Å²) in [5, 5.41) is 8.21. The minimum atomic E-state index is -0.297. The Bertz CT molecular complexity index is 1030. The molecule has 2 aromatic heterocycles. The van der Waals surface area contributed by atoms with Crippen molar-refractivity contribution in [3.63, 3.8) is 0 Å². The van der Waals surface area contributed by atoms with Gasteiger partial charge < -0.3 is 9.42 Å². The lowest BCUT2D eigenvalue weighted by molar-refractivity contribution is -0.133. The Balaban J connectivity index is 1.49. The molecule has 1 aliphatic rings. The highest BCUT2D eigenvalue weighted by Crippen LogP contribution is 2.25. The van der Waals surface area contributed by atoms with Gasteiger partial charge in [-0.25, -0.2) is 4.68 Å². The lowest BCUT2D eigenvalue weighted by atomic mass is 9.98. The van der Waals surface area contributed by atoms with Crippen LogP contribution in [0.3, 0.4) is 0 Å². The number of hydrogen-bond acceptors (Lipinski definition) is 6. The molecular formula is C20H21N5O3. The number of rotatable bonds is 4. The molecule has 1 atom stereocenters. The van der Waals surface area contributed by atoms with E-state index in [2.05, 4.69) is 15.2 Å². The summed E-state index contributed by atoms with van der Waals surface area (Å²) in [6.07, 6.45) is 1.75. The first-order chi connectivity index (χ1) is 13.6. The highest BCUT2D eigenvalue weighted by molar-refractivity contribution is 5.76. The molecule has 1 aromatic carbocycles. The summed E-state index contributed by atoms with van der Waals surface area (Å²) in [7, 11) is 0. The number of likely N-dealkylation sites (tertiary alicyclic amines) is 1. The third-order valence-corrected chi connectivity index (χ3v) is 4.89. The molecule has 144 valence electrons. The number of carbonyl (C=O) groups excluding carboxylic acids is 1. The number of hydrogen-bond donors (Lipinski definition) is 0. The van der Waals surface area contributed by atoms with E-state index in [1.54, 1.807) is 17.9 Å². The number of aryl methyl sites for hydroxylation is 1. The lowest BCUT2D eigenvalue weighted by Crippen LogP contribution is -2.42. The van der Waals surface area contributed by atoms with Crippen LogP contribution in [0.1, 0.15) is 30.5 Å². The number of amides is 1.